The largest absolute Gasteiger partial charge is 0.310 e. The molecule has 0 atom stereocenters. The third-order valence-electron chi connectivity index (χ3n) is 13.1. The van der Waals surface area contributed by atoms with Gasteiger partial charge in [-0.3, -0.25) is 4.98 Å². The fourth-order valence-corrected chi connectivity index (χ4v) is 10.3. The highest BCUT2D eigenvalue weighted by molar-refractivity contribution is 6.05. The van der Waals surface area contributed by atoms with Crippen LogP contribution in [0.15, 0.2) is 176 Å². The molecule has 0 saturated carbocycles. The summed E-state index contributed by atoms with van der Waals surface area (Å²) in [6.07, 6.45) is 1.84. The summed E-state index contributed by atoms with van der Waals surface area (Å²) in [5.41, 5.74) is 19.9. The summed E-state index contributed by atoms with van der Waals surface area (Å²) in [4.78, 5) is 7.00. The highest BCUT2D eigenvalue weighted by Crippen LogP contribution is 2.55. The van der Waals surface area contributed by atoms with E-state index in [-0.39, 0.29) is 10.8 Å². The van der Waals surface area contributed by atoms with Crippen LogP contribution in [0.2, 0.25) is 0 Å². The van der Waals surface area contributed by atoms with E-state index in [1.54, 1.807) is 0 Å². The van der Waals surface area contributed by atoms with Crippen LogP contribution in [0.25, 0.3) is 66.2 Å². The Labute approximate surface area is 345 Å². The van der Waals surface area contributed by atoms with Crippen LogP contribution in [0.3, 0.4) is 0 Å². The zero-order valence-corrected chi connectivity index (χ0v) is 33.6. The van der Waals surface area contributed by atoms with Crippen molar-refractivity contribution >= 4 is 38.7 Å². The van der Waals surface area contributed by atoms with Crippen molar-refractivity contribution in [2.75, 3.05) is 4.90 Å². The molecule has 9 aromatic rings. The molecule has 0 saturated heterocycles. The van der Waals surface area contributed by atoms with Gasteiger partial charge >= 0.3 is 0 Å². The van der Waals surface area contributed by atoms with Crippen molar-refractivity contribution in [3.63, 3.8) is 0 Å². The Balaban J connectivity index is 1.20. The van der Waals surface area contributed by atoms with Crippen LogP contribution in [0.1, 0.15) is 55.5 Å². The van der Waals surface area contributed by atoms with Crippen LogP contribution in [0.5, 0.6) is 0 Å². The molecule has 3 nitrogen and oxygen atoms in total. The smallest absolute Gasteiger partial charge is 0.0991 e. The molecule has 3 heteroatoms. The van der Waals surface area contributed by atoms with Gasteiger partial charge in [-0.05, 0) is 139 Å². The van der Waals surface area contributed by atoms with Crippen molar-refractivity contribution in [1.29, 1.82) is 5.26 Å². The lowest BCUT2D eigenvalue weighted by atomic mass is 9.78. The highest BCUT2D eigenvalue weighted by atomic mass is 15.1. The second-order valence-electron chi connectivity index (χ2n) is 17.1. The number of hydrogen-bond acceptors (Lipinski definition) is 3. The molecule has 0 aliphatic heterocycles. The van der Waals surface area contributed by atoms with Gasteiger partial charge in [-0.25, -0.2) is 0 Å². The Hall–Kier alpha value is -7.28. The SMILES string of the molecule is CC1(C)c2ccccc2-c2cccc(-c3ccc4c(N(c5ccc(C#N)cc5)c5ccc6ncccc6c5)cc(-c5cccc6c5C(C)(C)c5ccccc5-6)cc4c3)c21. The predicted molar refractivity (Wildman–Crippen MR) is 245 cm³/mol. The highest BCUT2D eigenvalue weighted by Gasteiger charge is 2.39. The quantitative estimate of drug-likeness (QED) is 0.176. The van der Waals surface area contributed by atoms with Gasteiger partial charge in [-0.1, -0.05) is 131 Å². The van der Waals surface area contributed by atoms with Crippen molar-refractivity contribution in [3.8, 4) is 50.6 Å². The van der Waals surface area contributed by atoms with E-state index in [1.807, 2.05) is 24.4 Å². The van der Waals surface area contributed by atoms with E-state index in [0.29, 0.717) is 5.56 Å². The maximum Gasteiger partial charge on any atom is 0.0991 e. The van der Waals surface area contributed by atoms with E-state index in [2.05, 4.69) is 195 Å². The fraction of sp³-hybridized carbons (Fsp3) is 0.107. The summed E-state index contributed by atoms with van der Waals surface area (Å²) in [5.74, 6) is 0. The lowest BCUT2D eigenvalue weighted by Crippen LogP contribution is -2.16. The van der Waals surface area contributed by atoms with Gasteiger partial charge in [0.15, 0.2) is 0 Å². The Morgan fingerprint density at radius 2 is 1.05 bits per heavy atom. The van der Waals surface area contributed by atoms with Gasteiger partial charge in [0.05, 0.1) is 22.8 Å². The molecule has 11 rings (SSSR count). The van der Waals surface area contributed by atoms with Crippen LogP contribution >= 0.6 is 0 Å². The molecule has 280 valence electrons. The van der Waals surface area contributed by atoms with Gasteiger partial charge in [0, 0.05) is 39.2 Å². The number of anilines is 3. The minimum Gasteiger partial charge on any atom is -0.310 e. The first-order chi connectivity index (χ1) is 28.7. The van der Waals surface area contributed by atoms with Gasteiger partial charge in [-0.15, -0.1) is 0 Å². The van der Waals surface area contributed by atoms with Gasteiger partial charge < -0.3 is 4.90 Å². The number of hydrogen-bond donors (Lipinski definition) is 0. The molecule has 59 heavy (non-hydrogen) atoms. The molecule has 0 spiro atoms. The van der Waals surface area contributed by atoms with Crippen molar-refractivity contribution in [2.45, 2.75) is 38.5 Å². The molecule has 0 bridgehead atoms. The average molecular weight is 756 g/mol. The topological polar surface area (TPSA) is 39.9 Å². The minimum atomic E-state index is -0.192. The van der Waals surface area contributed by atoms with Crippen LogP contribution in [0.4, 0.5) is 17.1 Å². The molecule has 8 aromatic carbocycles. The molecule has 2 aliphatic carbocycles. The van der Waals surface area contributed by atoms with Gasteiger partial charge in [-0.2, -0.15) is 5.26 Å². The monoisotopic (exact) mass is 755 g/mol. The van der Waals surface area contributed by atoms with E-state index >= 15 is 0 Å². The average Bonchev–Trinajstić information content (AvgIpc) is 3.66. The Morgan fingerprint density at radius 3 is 1.71 bits per heavy atom. The lowest BCUT2D eigenvalue weighted by molar-refractivity contribution is 0.662. The first kappa shape index (κ1) is 34.9. The maximum absolute atomic E-state index is 9.80. The van der Waals surface area contributed by atoms with Crippen molar-refractivity contribution in [2.24, 2.45) is 0 Å². The Kier molecular flexibility index (Phi) is 7.62. The second-order valence-corrected chi connectivity index (χ2v) is 17.1. The summed E-state index contributed by atoms with van der Waals surface area (Å²) in [5, 5.41) is 13.2. The summed E-state index contributed by atoms with van der Waals surface area (Å²) in [6, 6.07) is 64.0. The Bertz CT molecular complexity index is 3230. The molecular weight excluding hydrogens is 715 g/mol. The summed E-state index contributed by atoms with van der Waals surface area (Å²) >= 11 is 0. The molecule has 1 heterocycles. The zero-order chi connectivity index (χ0) is 40.0. The van der Waals surface area contributed by atoms with E-state index in [9.17, 15) is 5.26 Å². The second kappa shape index (κ2) is 12.9. The van der Waals surface area contributed by atoms with Crippen LogP contribution in [-0.4, -0.2) is 4.98 Å². The third-order valence-corrected chi connectivity index (χ3v) is 13.1. The molecule has 0 unspecified atom stereocenters. The van der Waals surface area contributed by atoms with Gasteiger partial charge in [0.2, 0.25) is 0 Å². The number of nitrogens with zero attached hydrogens (tertiary/aromatic N) is 3. The van der Waals surface area contributed by atoms with E-state index < -0.39 is 0 Å². The van der Waals surface area contributed by atoms with Crippen molar-refractivity contribution in [1.82, 2.24) is 4.98 Å². The number of nitriles is 1. The molecular formula is C56H41N3. The number of fused-ring (bicyclic) bond motifs is 8. The van der Waals surface area contributed by atoms with Gasteiger partial charge in [0.25, 0.3) is 0 Å². The fourth-order valence-electron chi connectivity index (χ4n) is 10.3. The maximum atomic E-state index is 9.80. The summed E-state index contributed by atoms with van der Waals surface area (Å²) in [7, 11) is 0. The molecule has 0 fully saturated rings. The predicted octanol–water partition coefficient (Wildman–Crippen LogP) is 14.7. The zero-order valence-electron chi connectivity index (χ0n) is 33.6. The van der Waals surface area contributed by atoms with Crippen LogP contribution in [-0.2, 0) is 10.8 Å². The lowest BCUT2D eigenvalue weighted by Gasteiger charge is -2.29. The van der Waals surface area contributed by atoms with E-state index in [0.717, 1.165) is 44.3 Å². The molecule has 0 N–H and O–H groups in total. The summed E-state index contributed by atoms with van der Waals surface area (Å²) < 4.78 is 0. The normalized spacial score (nSPS) is 14.0. The number of benzene rings is 8. The van der Waals surface area contributed by atoms with Crippen LogP contribution in [0, 0.1) is 11.3 Å². The van der Waals surface area contributed by atoms with Crippen molar-refractivity contribution in [3.05, 3.63) is 204 Å². The first-order valence-electron chi connectivity index (χ1n) is 20.4. The molecule has 0 radical (unpaired) electrons. The Morgan fingerprint density at radius 1 is 0.475 bits per heavy atom. The molecule has 2 aliphatic rings. The number of aromatic nitrogens is 1. The van der Waals surface area contributed by atoms with E-state index in [1.165, 1.54) is 61.2 Å². The van der Waals surface area contributed by atoms with E-state index in [4.69, 9.17) is 0 Å². The standard InChI is InChI=1S/C56H41N3/c1-55(2)49-19-7-5-13-45(49)47-17-9-15-43(53(47)55)36-23-27-42-38(30-36)31-39(44-16-10-18-48-46-14-6-8-20-50(46)56(3,4)54(44)48)33-52(42)59(40-24-21-35(34-57)22-25-40)41-26-28-51-37(32-41)12-11-29-58-51/h5-33H,1-4H3. The number of rotatable bonds is 5. The number of pyridine rings is 1. The third kappa shape index (κ3) is 5.23. The van der Waals surface area contributed by atoms with Crippen LogP contribution < -0.4 is 4.90 Å². The first-order valence-corrected chi connectivity index (χ1v) is 20.4. The molecule has 0 amide bonds. The van der Waals surface area contributed by atoms with Gasteiger partial charge in [0.1, 0.15) is 0 Å². The summed E-state index contributed by atoms with van der Waals surface area (Å²) in [6.45, 7) is 9.46. The molecule has 1 aromatic heterocycles. The minimum absolute atomic E-state index is 0.146. The van der Waals surface area contributed by atoms with Crippen molar-refractivity contribution < 1.29 is 0 Å².